The molecule has 1 aromatic carbocycles. The van der Waals surface area contributed by atoms with Crippen molar-refractivity contribution < 1.29 is 9.47 Å². The van der Waals surface area contributed by atoms with Crippen LogP contribution in [0, 0.1) is 11.8 Å². The minimum absolute atomic E-state index is 0.0453. The van der Waals surface area contributed by atoms with Gasteiger partial charge in [-0.3, -0.25) is 0 Å². The third-order valence-electron chi connectivity index (χ3n) is 4.23. The van der Waals surface area contributed by atoms with Crippen LogP contribution in [0.3, 0.4) is 0 Å². The van der Waals surface area contributed by atoms with Crippen molar-refractivity contribution in [3.05, 3.63) is 29.8 Å². The molecule has 2 rings (SSSR count). The van der Waals surface area contributed by atoms with Crippen LogP contribution in [-0.2, 0) is 4.74 Å². The number of benzene rings is 1. The van der Waals surface area contributed by atoms with Gasteiger partial charge in [0.1, 0.15) is 5.75 Å². The fraction of sp³-hybridized carbons (Fsp3) is 0.600. The summed E-state index contributed by atoms with van der Waals surface area (Å²) in [5, 5.41) is 0. The lowest BCUT2D eigenvalue weighted by Crippen LogP contribution is -2.30. The Kier molecular flexibility index (Phi) is 3.93. The highest BCUT2D eigenvalue weighted by molar-refractivity contribution is 5.36. The normalized spacial score (nSPS) is 33.4. The van der Waals surface area contributed by atoms with E-state index in [2.05, 4.69) is 20.8 Å². The van der Waals surface area contributed by atoms with Crippen LogP contribution in [-0.4, -0.2) is 19.3 Å². The molecule has 1 aromatic rings. The Morgan fingerprint density at radius 1 is 1.17 bits per heavy atom. The van der Waals surface area contributed by atoms with Gasteiger partial charge in [0.05, 0.1) is 19.3 Å². The minimum Gasteiger partial charge on any atom is -0.496 e. The van der Waals surface area contributed by atoms with Crippen molar-refractivity contribution in [1.82, 2.24) is 0 Å². The Bertz CT molecular complexity index is 407. The van der Waals surface area contributed by atoms with Crippen molar-refractivity contribution in [3.63, 3.8) is 0 Å². The summed E-state index contributed by atoms with van der Waals surface area (Å²) >= 11 is 0. The largest absolute Gasteiger partial charge is 0.496 e. The first-order chi connectivity index (χ1) is 8.56. The Hall–Kier alpha value is -1.06. The van der Waals surface area contributed by atoms with Crippen molar-refractivity contribution >= 4 is 0 Å². The summed E-state index contributed by atoms with van der Waals surface area (Å²) < 4.78 is 11.3. The Labute approximate surface area is 109 Å². The summed E-state index contributed by atoms with van der Waals surface area (Å²) in [7, 11) is 1.69. The third-order valence-corrected chi connectivity index (χ3v) is 4.23. The molecule has 0 amide bonds. The van der Waals surface area contributed by atoms with Gasteiger partial charge in [0.25, 0.3) is 0 Å². The fourth-order valence-corrected chi connectivity index (χ4v) is 3.06. The molecule has 1 aliphatic heterocycles. The van der Waals surface area contributed by atoms with E-state index in [4.69, 9.17) is 15.2 Å². The zero-order valence-corrected chi connectivity index (χ0v) is 11.6. The molecule has 1 heterocycles. The van der Waals surface area contributed by atoms with Crippen LogP contribution < -0.4 is 10.5 Å². The number of para-hydroxylation sites is 1. The molecule has 3 nitrogen and oxygen atoms in total. The van der Waals surface area contributed by atoms with Gasteiger partial charge in [0.15, 0.2) is 0 Å². The van der Waals surface area contributed by atoms with Crippen LogP contribution in [0.25, 0.3) is 0 Å². The molecule has 0 bridgehead atoms. The topological polar surface area (TPSA) is 44.5 Å². The smallest absolute Gasteiger partial charge is 0.123 e. The second-order valence-electron chi connectivity index (χ2n) is 5.25. The highest BCUT2D eigenvalue weighted by Crippen LogP contribution is 2.41. The molecule has 2 N–H and O–H groups in total. The summed E-state index contributed by atoms with van der Waals surface area (Å²) in [6, 6.07) is 7.94. The van der Waals surface area contributed by atoms with Crippen LogP contribution in [0.15, 0.2) is 24.3 Å². The monoisotopic (exact) mass is 249 g/mol. The first-order valence-electron chi connectivity index (χ1n) is 6.60. The van der Waals surface area contributed by atoms with Crippen LogP contribution in [0.1, 0.15) is 32.4 Å². The van der Waals surface area contributed by atoms with Crippen molar-refractivity contribution in [3.8, 4) is 5.75 Å². The summed E-state index contributed by atoms with van der Waals surface area (Å²) in [5.74, 6) is 1.65. The maximum atomic E-state index is 6.46. The maximum absolute atomic E-state index is 6.46. The molecular weight excluding hydrogens is 226 g/mol. The maximum Gasteiger partial charge on any atom is 0.123 e. The molecule has 100 valence electrons. The van der Waals surface area contributed by atoms with Crippen molar-refractivity contribution in [2.24, 2.45) is 17.6 Å². The van der Waals surface area contributed by atoms with E-state index >= 15 is 0 Å². The third kappa shape index (κ3) is 2.25. The number of rotatable bonds is 3. The lowest BCUT2D eigenvalue weighted by atomic mass is 9.81. The zero-order chi connectivity index (χ0) is 13.3. The van der Waals surface area contributed by atoms with Gasteiger partial charge in [-0.1, -0.05) is 25.1 Å². The second-order valence-corrected chi connectivity index (χ2v) is 5.25. The SMILES string of the molecule is COc1ccccc1C(N)C1C(C)OC(C)C1C. The van der Waals surface area contributed by atoms with E-state index in [-0.39, 0.29) is 18.2 Å². The predicted molar refractivity (Wildman–Crippen MR) is 72.6 cm³/mol. The highest BCUT2D eigenvalue weighted by atomic mass is 16.5. The number of methoxy groups -OCH3 is 1. The minimum atomic E-state index is -0.0453. The van der Waals surface area contributed by atoms with Crippen molar-refractivity contribution in [1.29, 1.82) is 0 Å². The fourth-order valence-electron chi connectivity index (χ4n) is 3.06. The van der Waals surface area contributed by atoms with Crippen LogP contribution in [0.4, 0.5) is 0 Å². The average molecular weight is 249 g/mol. The molecular formula is C15H23NO2. The molecule has 0 spiro atoms. The first kappa shape index (κ1) is 13.4. The van der Waals surface area contributed by atoms with Gasteiger partial charge in [-0.25, -0.2) is 0 Å². The lowest BCUT2D eigenvalue weighted by molar-refractivity contribution is 0.0489. The highest BCUT2D eigenvalue weighted by Gasteiger charge is 2.41. The van der Waals surface area contributed by atoms with Crippen molar-refractivity contribution in [2.45, 2.75) is 39.0 Å². The lowest BCUT2D eigenvalue weighted by Gasteiger charge is -2.27. The summed E-state index contributed by atoms with van der Waals surface area (Å²) in [5.41, 5.74) is 7.53. The molecule has 18 heavy (non-hydrogen) atoms. The van der Waals surface area contributed by atoms with E-state index in [1.807, 2.05) is 24.3 Å². The van der Waals surface area contributed by atoms with E-state index in [0.717, 1.165) is 11.3 Å². The average Bonchev–Trinajstić information content (AvgIpc) is 2.62. The number of ether oxygens (including phenoxy) is 2. The van der Waals surface area contributed by atoms with E-state index in [9.17, 15) is 0 Å². The van der Waals surface area contributed by atoms with E-state index in [0.29, 0.717) is 11.8 Å². The molecule has 3 heteroatoms. The Morgan fingerprint density at radius 3 is 2.39 bits per heavy atom. The number of nitrogens with two attached hydrogens (primary N) is 1. The van der Waals surface area contributed by atoms with E-state index < -0.39 is 0 Å². The van der Waals surface area contributed by atoms with Crippen molar-refractivity contribution in [2.75, 3.05) is 7.11 Å². The molecule has 0 saturated carbocycles. The van der Waals surface area contributed by atoms with Crippen LogP contribution >= 0.6 is 0 Å². The second kappa shape index (κ2) is 5.29. The number of hydrogen-bond acceptors (Lipinski definition) is 3. The summed E-state index contributed by atoms with van der Waals surface area (Å²) in [4.78, 5) is 0. The van der Waals surface area contributed by atoms with Gasteiger partial charge in [-0.2, -0.15) is 0 Å². The molecule has 0 radical (unpaired) electrons. The molecule has 5 atom stereocenters. The van der Waals surface area contributed by atoms with Gasteiger partial charge >= 0.3 is 0 Å². The summed E-state index contributed by atoms with van der Waals surface area (Å²) in [6.07, 6.45) is 0.459. The molecule has 5 unspecified atom stereocenters. The van der Waals surface area contributed by atoms with Gasteiger partial charge in [-0.05, 0) is 25.8 Å². The Morgan fingerprint density at radius 2 is 1.83 bits per heavy atom. The zero-order valence-electron chi connectivity index (χ0n) is 11.6. The standard InChI is InChI=1S/C15H23NO2/c1-9-10(2)18-11(3)14(9)15(16)12-7-5-6-8-13(12)17-4/h5-11,14-15H,16H2,1-4H3. The molecule has 1 aliphatic rings. The van der Waals surface area contributed by atoms with E-state index in [1.54, 1.807) is 7.11 Å². The molecule has 0 aromatic heterocycles. The van der Waals surface area contributed by atoms with Gasteiger partial charge < -0.3 is 15.2 Å². The van der Waals surface area contributed by atoms with Gasteiger partial charge in [0.2, 0.25) is 0 Å². The quantitative estimate of drug-likeness (QED) is 0.896. The molecule has 0 aliphatic carbocycles. The molecule has 1 saturated heterocycles. The van der Waals surface area contributed by atoms with Gasteiger partial charge in [0, 0.05) is 17.5 Å². The number of hydrogen-bond donors (Lipinski definition) is 1. The first-order valence-corrected chi connectivity index (χ1v) is 6.60. The molecule has 1 fully saturated rings. The summed E-state index contributed by atoms with van der Waals surface area (Å²) in [6.45, 7) is 6.45. The Balaban J connectivity index is 2.28. The van der Waals surface area contributed by atoms with Gasteiger partial charge in [-0.15, -0.1) is 0 Å². The predicted octanol–water partition coefficient (Wildman–Crippen LogP) is 2.75. The van der Waals surface area contributed by atoms with Crippen LogP contribution in [0.5, 0.6) is 5.75 Å². The van der Waals surface area contributed by atoms with E-state index in [1.165, 1.54) is 0 Å². The van der Waals surface area contributed by atoms with Crippen LogP contribution in [0.2, 0.25) is 0 Å².